The predicted molar refractivity (Wildman–Crippen MR) is 106 cm³/mol. The SMILES string of the molecule is CCn1nc(C(=O)NNC(=O)c2ccc(I)cc2)c2ccccc2c1=O. The van der Waals surface area contributed by atoms with Crippen molar-refractivity contribution in [2.75, 3.05) is 0 Å². The van der Waals surface area contributed by atoms with E-state index in [1.54, 1.807) is 55.5 Å². The van der Waals surface area contributed by atoms with Gasteiger partial charge in [-0.25, -0.2) is 4.68 Å². The number of amides is 2. The molecule has 0 aliphatic rings. The Morgan fingerprint density at radius 2 is 1.62 bits per heavy atom. The van der Waals surface area contributed by atoms with Gasteiger partial charge >= 0.3 is 0 Å². The molecule has 3 rings (SSSR count). The van der Waals surface area contributed by atoms with Crippen LogP contribution in [0.25, 0.3) is 10.8 Å². The first-order valence-corrected chi connectivity index (χ1v) is 8.95. The highest BCUT2D eigenvalue weighted by atomic mass is 127. The highest BCUT2D eigenvalue weighted by Crippen LogP contribution is 2.13. The fourth-order valence-corrected chi connectivity index (χ4v) is 2.82. The molecule has 0 aliphatic carbocycles. The van der Waals surface area contributed by atoms with Crippen molar-refractivity contribution in [1.82, 2.24) is 20.6 Å². The molecule has 0 atom stereocenters. The van der Waals surface area contributed by atoms with Crippen molar-refractivity contribution in [1.29, 1.82) is 0 Å². The quantitative estimate of drug-likeness (QED) is 0.461. The number of nitrogens with one attached hydrogen (secondary N) is 2. The lowest BCUT2D eigenvalue weighted by molar-refractivity contribution is 0.0843. The van der Waals surface area contributed by atoms with E-state index in [2.05, 4.69) is 38.5 Å². The van der Waals surface area contributed by atoms with Gasteiger partial charge in [0.05, 0.1) is 5.39 Å². The Morgan fingerprint density at radius 3 is 2.27 bits per heavy atom. The zero-order valence-corrected chi connectivity index (χ0v) is 16.0. The van der Waals surface area contributed by atoms with Gasteiger partial charge in [0.1, 0.15) is 0 Å². The highest BCUT2D eigenvalue weighted by molar-refractivity contribution is 14.1. The first-order valence-electron chi connectivity index (χ1n) is 7.87. The number of fused-ring (bicyclic) bond motifs is 1. The van der Waals surface area contributed by atoms with Crippen LogP contribution in [-0.4, -0.2) is 21.6 Å². The molecular formula is C18H15IN4O3. The van der Waals surface area contributed by atoms with Gasteiger partial charge in [-0.05, 0) is 59.8 Å². The van der Waals surface area contributed by atoms with Gasteiger partial charge in [-0.15, -0.1) is 0 Å². The number of hydrogen-bond acceptors (Lipinski definition) is 4. The number of hydrazine groups is 1. The van der Waals surface area contributed by atoms with Crippen LogP contribution < -0.4 is 16.4 Å². The summed E-state index contributed by atoms with van der Waals surface area (Å²) < 4.78 is 2.22. The van der Waals surface area contributed by atoms with E-state index in [-0.39, 0.29) is 11.3 Å². The number of carbonyl (C=O) groups is 2. The van der Waals surface area contributed by atoms with Gasteiger partial charge in [0.2, 0.25) is 0 Å². The van der Waals surface area contributed by atoms with E-state index in [0.29, 0.717) is 22.9 Å². The van der Waals surface area contributed by atoms with Crippen molar-refractivity contribution in [3.8, 4) is 0 Å². The molecule has 2 amide bonds. The Bertz CT molecular complexity index is 1040. The minimum atomic E-state index is -0.595. The van der Waals surface area contributed by atoms with Crippen LogP contribution in [0, 0.1) is 3.57 Å². The highest BCUT2D eigenvalue weighted by Gasteiger charge is 2.17. The lowest BCUT2D eigenvalue weighted by Gasteiger charge is -2.11. The smallest absolute Gasteiger partial charge is 0.267 e. The van der Waals surface area contributed by atoms with E-state index in [9.17, 15) is 14.4 Å². The molecule has 1 aromatic heterocycles. The van der Waals surface area contributed by atoms with Crippen molar-refractivity contribution >= 4 is 45.2 Å². The Morgan fingerprint density at radius 1 is 1.00 bits per heavy atom. The summed E-state index contributed by atoms with van der Waals surface area (Å²) >= 11 is 2.14. The summed E-state index contributed by atoms with van der Waals surface area (Å²) in [5.41, 5.74) is 4.95. The molecule has 26 heavy (non-hydrogen) atoms. The Labute approximate surface area is 162 Å². The van der Waals surface area contributed by atoms with Crippen LogP contribution in [0.2, 0.25) is 0 Å². The third kappa shape index (κ3) is 3.59. The Kier molecular flexibility index (Phi) is 5.31. The molecule has 0 saturated carbocycles. The number of carbonyl (C=O) groups excluding carboxylic acids is 2. The molecule has 0 fully saturated rings. The average molecular weight is 462 g/mol. The van der Waals surface area contributed by atoms with Crippen LogP contribution in [0.4, 0.5) is 0 Å². The third-order valence-corrected chi connectivity index (χ3v) is 4.50. The number of hydrogen-bond donors (Lipinski definition) is 2. The Balaban J connectivity index is 1.86. The minimum absolute atomic E-state index is 0.0740. The summed E-state index contributed by atoms with van der Waals surface area (Å²) in [6, 6.07) is 13.7. The zero-order valence-electron chi connectivity index (χ0n) is 13.8. The molecule has 8 heteroatoms. The van der Waals surface area contributed by atoms with E-state index in [4.69, 9.17) is 0 Å². The van der Waals surface area contributed by atoms with E-state index in [0.717, 1.165) is 3.57 Å². The van der Waals surface area contributed by atoms with Gasteiger partial charge in [-0.3, -0.25) is 25.2 Å². The van der Waals surface area contributed by atoms with Crippen molar-refractivity contribution < 1.29 is 9.59 Å². The molecule has 0 radical (unpaired) electrons. The largest absolute Gasteiger partial charge is 0.290 e. The van der Waals surface area contributed by atoms with Gasteiger partial charge in [-0.1, -0.05) is 18.2 Å². The number of benzene rings is 2. The summed E-state index contributed by atoms with van der Waals surface area (Å²) in [7, 11) is 0. The third-order valence-electron chi connectivity index (χ3n) is 3.78. The molecule has 0 aliphatic heterocycles. The van der Waals surface area contributed by atoms with Crippen molar-refractivity contribution in [3.05, 3.63) is 73.7 Å². The summed E-state index contributed by atoms with van der Waals surface area (Å²) in [4.78, 5) is 37.0. The number of rotatable bonds is 3. The molecule has 2 aromatic carbocycles. The summed E-state index contributed by atoms with van der Waals surface area (Å²) in [5.74, 6) is -1.04. The van der Waals surface area contributed by atoms with Crippen LogP contribution in [0.1, 0.15) is 27.8 Å². The maximum absolute atomic E-state index is 12.5. The number of halogens is 1. The van der Waals surface area contributed by atoms with Crippen molar-refractivity contribution in [2.45, 2.75) is 13.5 Å². The summed E-state index contributed by atoms with van der Waals surface area (Å²) in [6.45, 7) is 2.10. The van der Waals surface area contributed by atoms with Crippen molar-refractivity contribution in [3.63, 3.8) is 0 Å². The van der Waals surface area contributed by atoms with Gasteiger partial charge < -0.3 is 0 Å². The average Bonchev–Trinajstić information content (AvgIpc) is 2.67. The lowest BCUT2D eigenvalue weighted by atomic mass is 10.1. The molecule has 1 heterocycles. The molecule has 7 nitrogen and oxygen atoms in total. The molecule has 3 aromatic rings. The number of nitrogens with zero attached hydrogens (tertiary/aromatic N) is 2. The molecule has 0 unspecified atom stereocenters. The second kappa shape index (κ2) is 7.65. The molecular weight excluding hydrogens is 447 g/mol. The van der Waals surface area contributed by atoms with E-state index in [1.807, 2.05) is 0 Å². The standard InChI is InChI=1S/C18H15IN4O3/c1-2-23-18(26)14-6-4-3-5-13(14)15(22-23)17(25)21-20-16(24)11-7-9-12(19)10-8-11/h3-10H,2H2,1H3,(H,20,24)(H,21,25). The second-order valence-electron chi connectivity index (χ2n) is 5.43. The van der Waals surface area contributed by atoms with E-state index in [1.165, 1.54) is 4.68 Å². The van der Waals surface area contributed by atoms with Gasteiger partial charge in [0.15, 0.2) is 5.69 Å². The van der Waals surface area contributed by atoms with E-state index >= 15 is 0 Å². The van der Waals surface area contributed by atoms with Gasteiger partial charge in [0, 0.05) is 21.1 Å². The van der Waals surface area contributed by atoms with Crippen LogP contribution >= 0.6 is 22.6 Å². The number of aromatic nitrogens is 2. The molecule has 0 saturated heterocycles. The van der Waals surface area contributed by atoms with Crippen LogP contribution in [0.15, 0.2) is 53.3 Å². The molecule has 2 N–H and O–H groups in total. The first-order chi connectivity index (χ1) is 12.5. The predicted octanol–water partition coefficient (Wildman–Crippen LogP) is 2.10. The van der Waals surface area contributed by atoms with Crippen LogP contribution in [0.5, 0.6) is 0 Å². The normalized spacial score (nSPS) is 10.5. The molecule has 132 valence electrons. The zero-order chi connectivity index (χ0) is 18.7. The lowest BCUT2D eigenvalue weighted by Crippen LogP contribution is -2.42. The van der Waals surface area contributed by atoms with Gasteiger partial charge in [-0.2, -0.15) is 5.10 Å². The Hall–Kier alpha value is -2.75. The fourth-order valence-electron chi connectivity index (χ4n) is 2.46. The first kappa shape index (κ1) is 18.1. The fraction of sp³-hybridized carbons (Fsp3) is 0.111. The second-order valence-corrected chi connectivity index (χ2v) is 6.68. The summed E-state index contributed by atoms with van der Waals surface area (Å²) in [6.07, 6.45) is 0. The van der Waals surface area contributed by atoms with Gasteiger partial charge in [0.25, 0.3) is 17.4 Å². The monoisotopic (exact) mass is 462 g/mol. The number of aryl methyl sites for hydroxylation is 1. The maximum atomic E-state index is 12.5. The summed E-state index contributed by atoms with van der Waals surface area (Å²) in [5, 5.41) is 4.96. The van der Waals surface area contributed by atoms with Crippen LogP contribution in [0.3, 0.4) is 0 Å². The molecule has 0 spiro atoms. The molecule has 0 bridgehead atoms. The topological polar surface area (TPSA) is 93.1 Å². The maximum Gasteiger partial charge on any atom is 0.290 e. The van der Waals surface area contributed by atoms with Crippen molar-refractivity contribution in [2.24, 2.45) is 0 Å². The van der Waals surface area contributed by atoms with E-state index < -0.39 is 11.8 Å². The minimum Gasteiger partial charge on any atom is -0.267 e. The van der Waals surface area contributed by atoms with Crippen LogP contribution in [-0.2, 0) is 6.54 Å².